The average Bonchev–Trinajstić information content (AvgIpc) is 3.15. The zero-order valence-electron chi connectivity index (χ0n) is 15.6. The van der Waals surface area contributed by atoms with E-state index in [2.05, 4.69) is 35.2 Å². The molecular formula is C18H27N5O2. The van der Waals surface area contributed by atoms with Gasteiger partial charge >= 0.3 is 0 Å². The fourth-order valence-corrected chi connectivity index (χ4v) is 3.58. The summed E-state index contributed by atoms with van der Waals surface area (Å²) in [5, 5.41) is 0. The Morgan fingerprint density at radius 2 is 2.08 bits per heavy atom. The van der Waals surface area contributed by atoms with Gasteiger partial charge in [-0.25, -0.2) is 15.0 Å². The molecule has 2 aromatic rings. The molecule has 4 rings (SSSR count). The molecule has 0 amide bonds. The minimum absolute atomic E-state index is 0.115. The molecule has 7 heteroatoms. The molecule has 136 valence electrons. The van der Waals surface area contributed by atoms with Gasteiger partial charge < -0.3 is 18.9 Å². The second-order valence-electron chi connectivity index (χ2n) is 8.39. The maximum Gasteiger partial charge on any atom is 0.165 e. The van der Waals surface area contributed by atoms with Crippen molar-refractivity contribution < 1.29 is 9.47 Å². The molecule has 0 unspecified atom stereocenters. The van der Waals surface area contributed by atoms with Crippen LogP contribution in [0.15, 0.2) is 6.33 Å². The van der Waals surface area contributed by atoms with Gasteiger partial charge in [0.25, 0.3) is 0 Å². The summed E-state index contributed by atoms with van der Waals surface area (Å²) in [5.74, 6) is 1.83. The van der Waals surface area contributed by atoms with E-state index in [-0.39, 0.29) is 5.41 Å². The van der Waals surface area contributed by atoms with E-state index in [0.29, 0.717) is 12.0 Å². The third-order valence-corrected chi connectivity index (χ3v) is 5.21. The van der Waals surface area contributed by atoms with Crippen LogP contribution in [-0.4, -0.2) is 59.5 Å². The van der Waals surface area contributed by atoms with Crippen LogP contribution in [0.2, 0.25) is 0 Å². The molecule has 2 aliphatic rings. The first-order valence-electron chi connectivity index (χ1n) is 8.97. The maximum atomic E-state index is 5.47. The molecule has 2 fully saturated rings. The summed E-state index contributed by atoms with van der Waals surface area (Å²) in [6, 6.07) is 0. The van der Waals surface area contributed by atoms with Gasteiger partial charge in [0, 0.05) is 37.6 Å². The molecular weight excluding hydrogens is 318 g/mol. The fourth-order valence-electron chi connectivity index (χ4n) is 3.58. The van der Waals surface area contributed by atoms with Crippen molar-refractivity contribution in [2.75, 3.05) is 44.9 Å². The average molecular weight is 345 g/mol. The number of imidazole rings is 1. The van der Waals surface area contributed by atoms with Gasteiger partial charge in [0.05, 0.1) is 26.1 Å². The van der Waals surface area contributed by atoms with Gasteiger partial charge in [0.2, 0.25) is 0 Å². The molecule has 2 aromatic heterocycles. The molecule has 1 spiro atoms. The Balaban J connectivity index is 1.77. The predicted molar refractivity (Wildman–Crippen MR) is 96.0 cm³/mol. The van der Waals surface area contributed by atoms with Crippen molar-refractivity contribution in [1.29, 1.82) is 0 Å². The van der Waals surface area contributed by atoms with Gasteiger partial charge in [0.15, 0.2) is 17.0 Å². The number of rotatable bonds is 4. The van der Waals surface area contributed by atoms with Gasteiger partial charge in [-0.05, 0) is 6.42 Å². The van der Waals surface area contributed by atoms with Gasteiger partial charge in [-0.1, -0.05) is 20.8 Å². The summed E-state index contributed by atoms with van der Waals surface area (Å²) in [4.78, 5) is 16.8. The Morgan fingerprint density at radius 3 is 2.68 bits per heavy atom. The summed E-state index contributed by atoms with van der Waals surface area (Å²) in [5.41, 5.74) is 1.99. The molecule has 2 saturated heterocycles. The Labute approximate surface area is 148 Å². The third-order valence-electron chi connectivity index (χ3n) is 5.21. The van der Waals surface area contributed by atoms with E-state index in [0.717, 1.165) is 62.1 Å². The number of fused-ring (bicyclic) bond motifs is 1. The normalized spacial score (nSPS) is 19.8. The first kappa shape index (κ1) is 16.7. The van der Waals surface area contributed by atoms with Crippen molar-refractivity contribution in [2.24, 2.45) is 5.41 Å². The first-order chi connectivity index (χ1) is 11.9. The largest absolute Gasteiger partial charge is 0.383 e. The van der Waals surface area contributed by atoms with Crippen molar-refractivity contribution in [1.82, 2.24) is 19.5 Å². The SMILES string of the molecule is COCCn1cnc2c(N3CCC4(COC4)C3)nc(C(C)(C)C)nc21. The Bertz CT molecular complexity index is 776. The maximum absolute atomic E-state index is 5.47. The van der Waals surface area contributed by atoms with Crippen LogP contribution in [0, 0.1) is 5.41 Å². The highest BCUT2D eigenvalue weighted by molar-refractivity contribution is 5.84. The Hall–Kier alpha value is -1.73. The molecule has 7 nitrogen and oxygen atoms in total. The lowest BCUT2D eigenvalue weighted by Crippen LogP contribution is -2.44. The van der Waals surface area contributed by atoms with Gasteiger partial charge in [-0.15, -0.1) is 0 Å². The second kappa shape index (κ2) is 5.92. The van der Waals surface area contributed by atoms with Gasteiger partial charge in [-0.3, -0.25) is 0 Å². The minimum Gasteiger partial charge on any atom is -0.383 e. The Kier molecular flexibility index (Phi) is 3.96. The molecule has 2 aliphatic heterocycles. The predicted octanol–water partition coefficient (Wildman–Crippen LogP) is 2.00. The first-order valence-corrected chi connectivity index (χ1v) is 8.97. The summed E-state index contributed by atoms with van der Waals surface area (Å²) in [6.07, 6.45) is 3.01. The van der Waals surface area contributed by atoms with Crippen molar-refractivity contribution >= 4 is 17.0 Å². The molecule has 0 aliphatic carbocycles. The van der Waals surface area contributed by atoms with E-state index < -0.39 is 0 Å². The summed E-state index contributed by atoms with van der Waals surface area (Å²) in [7, 11) is 1.71. The zero-order valence-corrected chi connectivity index (χ0v) is 15.6. The Morgan fingerprint density at radius 1 is 1.28 bits per heavy atom. The molecule has 25 heavy (non-hydrogen) atoms. The highest BCUT2D eigenvalue weighted by Gasteiger charge is 2.45. The number of nitrogens with zero attached hydrogens (tertiary/aromatic N) is 5. The quantitative estimate of drug-likeness (QED) is 0.844. The van der Waals surface area contributed by atoms with Crippen LogP contribution in [0.3, 0.4) is 0 Å². The van der Waals surface area contributed by atoms with E-state index in [1.165, 1.54) is 0 Å². The summed E-state index contributed by atoms with van der Waals surface area (Å²) >= 11 is 0. The van der Waals surface area contributed by atoms with E-state index in [9.17, 15) is 0 Å². The number of ether oxygens (including phenoxy) is 2. The molecule has 0 radical (unpaired) electrons. The standard InChI is InChI=1S/C18H27N5O2/c1-17(2,3)16-20-14(22-6-5-18(9-22)10-25-11-18)13-15(21-16)23(12-19-13)7-8-24-4/h12H,5-11H2,1-4H3. The second-order valence-corrected chi connectivity index (χ2v) is 8.39. The van der Waals surface area contributed by atoms with Gasteiger partial charge in [0.1, 0.15) is 5.82 Å². The van der Waals surface area contributed by atoms with Crippen molar-refractivity contribution in [3.63, 3.8) is 0 Å². The lowest BCUT2D eigenvalue weighted by molar-refractivity contribution is -0.0985. The number of hydrogen-bond donors (Lipinski definition) is 0. The van der Waals surface area contributed by atoms with Crippen LogP contribution >= 0.6 is 0 Å². The number of aromatic nitrogens is 4. The van der Waals surface area contributed by atoms with Crippen LogP contribution in [0.1, 0.15) is 33.0 Å². The lowest BCUT2D eigenvalue weighted by Gasteiger charge is -2.37. The van der Waals surface area contributed by atoms with E-state index in [1.807, 2.05) is 6.33 Å². The number of anilines is 1. The smallest absolute Gasteiger partial charge is 0.165 e. The van der Waals surface area contributed by atoms with Crippen LogP contribution in [0.5, 0.6) is 0 Å². The van der Waals surface area contributed by atoms with E-state index >= 15 is 0 Å². The zero-order chi connectivity index (χ0) is 17.7. The number of hydrogen-bond acceptors (Lipinski definition) is 6. The molecule has 0 bridgehead atoms. The van der Waals surface area contributed by atoms with Crippen molar-refractivity contribution in [3.8, 4) is 0 Å². The monoisotopic (exact) mass is 345 g/mol. The molecule has 0 atom stereocenters. The van der Waals surface area contributed by atoms with Crippen LogP contribution in [0.25, 0.3) is 11.2 Å². The van der Waals surface area contributed by atoms with Gasteiger partial charge in [-0.2, -0.15) is 0 Å². The van der Waals surface area contributed by atoms with E-state index in [1.54, 1.807) is 7.11 Å². The minimum atomic E-state index is -0.115. The molecule has 0 aromatic carbocycles. The topological polar surface area (TPSA) is 65.3 Å². The summed E-state index contributed by atoms with van der Waals surface area (Å²) < 4.78 is 12.8. The fraction of sp³-hybridized carbons (Fsp3) is 0.722. The van der Waals surface area contributed by atoms with Crippen molar-refractivity contribution in [2.45, 2.75) is 39.2 Å². The molecule has 4 heterocycles. The third kappa shape index (κ3) is 2.89. The van der Waals surface area contributed by atoms with Crippen molar-refractivity contribution in [3.05, 3.63) is 12.2 Å². The summed E-state index contributed by atoms with van der Waals surface area (Å²) in [6.45, 7) is 11.6. The number of methoxy groups -OCH3 is 1. The van der Waals surface area contributed by atoms with E-state index in [4.69, 9.17) is 19.4 Å². The highest BCUT2D eigenvalue weighted by Crippen LogP contribution is 2.40. The highest BCUT2D eigenvalue weighted by atomic mass is 16.5. The van der Waals surface area contributed by atoms with Crippen LogP contribution in [-0.2, 0) is 21.4 Å². The van der Waals surface area contributed by atoms with Crippen LogP contribution < -0.4 is 4.90 Å². The van der Waals surface area contributed by atoms with Crippen LogP contribution in [0.4, 0.5) is 5.82 Å². The molecule has 0 N–H and O–H groups in total. The molecule has 0 saturated carbocycles. The lowest BCUT2D eigenvalue weighted by atomic mass is 9.85.